The molecule has 1 saturated heterocycles. The van der Waals surface area contributed by atoms with Crippen LogP contribution in [0, 0.1) is 0 Å². The van der Waals surface area contributed by atoms with Gasteiger partial charge in [-0.3, -0.25) is 0 Å². The third-order valence-corrected chi connectivity index (χ3v) is 2.65. The largest absolute Gasteiger partial charge is 0.445 e. The summed E-state index contributed by atoms with van der Waals surface area (Å²) in [6, 6.07) is 9.99. The average molecular weight is 235 g/mol. The van der Waals surface area contributed by atoms with E-state index in [1.165, 1.54) is 0 Å². The minimum Gasteiger partial charge on any atom is -0.445 e. The van der Waals surface area contributed by atoms with Crippen LogP contribution >= 0.6 is 0 Å². The van der Waals surface area contributed by atoms with Crippen molar-refractivity contribution in [2.45, 2.75) is 19.6 Å². The van der Waals surface area contributed by atoms with Crippen LogP contribution in [0.15, 0.2) is 30.3 Å². The van der Waals surface area contributed by atoms with E-state index in [4.69, 9.17) is 9.47 Å². The van der Waals surface area contributed by atoms with Gasteiger partial charge in [-0.2, -0.15) is 0 Å². The van der Waals surface area contributed by atoms with E-state index in [0.29, 0.717) is 26.3 Å². The molecule has 1 aromatic carbocycles. The van der Waals surface area contributed by atoms with Crippen LogP contribution in [-0.2, 0) is 16.1 Å². The topological polar surface area (TPSA) is 38.8 Å². The van der Waals surface area contributed by atoms with Gasteiger partial charge in [-0.15, -0.1) is 0 Å². The molecular formula is C13H17NO3. The number of hydrogen-bond acceptors (Lipinski definition) is 3. The number of hydrogen-bond donors (Lipinski definition) is 0. The lowest BCUT2D eigenvalue weighted by atomic mass is 10.2. The van der Waals surface area contributed by atoms with E-state index >= 15 is 0 Å². The predicted molar refractivity (Wildman–Crippen MR) is 63.6 cm³/mol. The van der Waals surface area contributed by atoms with E-state index in [2.05, 4.69) is 0 Å². The van der Waals surface area contributed by atoms with E-state index in [1.54, 1.807) is 4.90 Å². The van der Waals surface area contributed by atoms with Crippen LogP contribution in [0.4, 0.5) is 4.79 Å². The predicted octanol–water partition coefficient (Wildman–Crippen LogP) is 2.04. The first-order valence-corrected chi connectivity index (χ1v) is 5.83. The normalized spacial score (nSPS) is 19.5. The van der Waals surface area contributed by atoms with Crippen molar-refractivity contribution in [3.63, 3.8) is 0 Å². The van der Waals surface area contributed by atoms with Gasteiger partial charge in [0.2, 0.25) is 0 Å². The Morgan fingerprint density at radius 1 is 1.41 bits per heavy atom. The summed E-state index contributed by atoms with van der Waals surface area (Å²) in [6.45, 7) is 4.27. The second-order valence-corrected chi connectivity index (χ2v) is 4.18. The molecule has 1 heterocycles. The van der Waals surface area contributed by atoms with Gasteiger partial charge in [-0.05, 0) is 12.5 Å². The van der Waals surface area contributed by atoms with Crippen molar-refractivity contribution in [3.05, 3.63) is 35.9 Å². The first-order chi connectivity index (χ1) is 8.25. The maximum Gasteiger partial charge on any atom is 0.410 e. The Balaban J connectivity index is 1.65. The van der Waals surface area contributed by atoms with Gasteiger partial charge >= 0.3 is 6.09 Å². The molecule has 0 spiro atoms. The molecule has 0 N–H and O–H groups in total. The number of nitrogens with zero attached hydrogens (tertiary/aromatic N) is 1. The second-order valence-electron chi connectivity index (χ2n) is 4.18. The van der Waals surface area contributed by atoms with Crippen molar-refractivity contribution >= 4 is 6.09 Å². The first kappa shape index (κ1) is 11.9. The van der Waals surface area contributed by atoms with Gasteiger partial charge in [0.1, 0.15) is 6.10 Å². The van der Waals surface area contributed by atoms with E-state index in [1.807, 2.05) is 37.3 Å². The Morgan fingerprint density at radius 3 is 2.82 bits per heavy atom. The number of ether oxygens (including phenoxy) is 2. The minimum absolute atomic E-state index is 0.00313. The molecule has 92 valence electrons. The molecule has 1 fully saturated rings. The number of amides is 1. The van der Waals surface area contributed by atoms with Gasteiger partial charge in [0.25, 0.3) is 0 Å². The molecule has 2 rings (SSSR count). The fraction of sp³-hybridized carbons (Fsp3) is 0.462. The van der Waals surface area contributed by atoms with Crippen LogP contribution in [0.2, 0.25) is 0 Å². The van der Waals surface area contributed by atoms with E-state index in [-0.39, 0.29) is 12.2 Å². The van der Waals surface area contributed by atoms with Crippen molar-refractivity contribution in [2.75, 3.05) is 19.7 Å². The maximum atomic E-state index is 11.3. The Labute approximate surface area is 101 Å². The molecule has 1 unspecified atom stereocenters. The van der Waals surface area contributed by atoms with Gasteiger partial charge in [0, 0.05) is 6.54 Å². The fourth-order valence-corrected chi connectivity index (χ4v) is 1.79. The quantitative estimate of drug-likeness (QED) is 0.733. The van der Waals surface area contributed by atoms with E-state index in [0.717, 1.165) is 5.56 Å². The standard InChI is InChI=1S/C13H17NO3/c1-11-9-14(13(15)17-11)7-8-16-10-12-5-3-2-4-6-12/h2-6,11H,7-10H2,1H3. The summed E-state index contributed by atoms with van der Waals surface area (Å²) in [5.74, 6) is 0. The van der Waals surface area contributed by atoms with Gasteiger partial charge in [0.05, 0.1) is 19.8 Å². The highest BCUT2D eigenvalue weighted by Gasteiger charge is 2.27. The number of cyclic esters (lactones) is 1. The number of benzene rings is 1. The van der Waals surface area contributed by atoms with Gasteiger partial charge < -0.3 is 14.4 Å². The maximum absolute atomic E-state index is 11.3. The smallest absolute Gasteiger partial charge is 0.410 e. The molecule has 0 saturated carbocycles. The molecule has 0 aliphatic carbocycles. The molecule has 1 aromatic rings. The molecular weight excluding hydrogens is 218 g/mol. The molecule has 17 heavy (non-hydrogen) atoms. The fourth-order valence-electron chi connectivity index (χ4n) is 1.79. The third-order valence-electron chi connectivity index (χ3n) is 2.65. The monoisotopic (exact) mass is 235 g/mol. The number of carbonyl (C=O) groups is 1. The highest BCUT2D eigenvalue weighted by Crippen LogP contribution is 2.09. The van der Waals surface area contributed by atoms with Crippen molar-refractivity contribution < 1.29 is 14.3 Å². The molecule has 1 aliphatic rings. The zero-order valence-electron chi connectivity index (χ0n) is 9.96. The van der Waals surface area contributed by atoms with Crippen LogP contribution < -0.4 is 0 Å². The van der Waals surface area contributed by atoms with Crippen LogP contribution in [0.25, 0.3) is 0 Å². The molecule has 1 amide bonds. The lowest BCUT2D eigenvalue weighted by Gasteiger charge is -2.12. The highest BCUT2D eigenvalue weighted by atomic mass is 16.6. The van der Waals surface area contributed by atoms with Crippen LogP contribution in [0.1, 0.15) is 12.5 Å². The average Bonchev–Trinajstić information content (AvgIpc) is 2.65. The van der Waals surface area contributed by atoms with E-state index in [9.17, 15) is 4.79 Å². The van der Waals surface area contributed by atoms with Gasteiger partial charge in [-0.1, -0.05) is 30.3 Å². The van der Waals surface area contributed by atoms with Crippen molar-refractivity contribution in [3.8, 4) is 0 Å². The van der Waals surface area contributed by atoms with Crippen LogP contribution in [0.3, 0.4) is 0 Å². The number of rotatable bonds is 5. The lowest BCUT2D eigenvalue weighted by Crippen LogP contribution is -2.28. The first-order valence-electron chi connectivity index (χ1n) is 5.83. The number of carbonyl (C=O) groups excluding carboxylic acids is 1. The summed E-state index contributed by atoms with van der Waals surface area (Å²) >= 11 is 0. The second kappa shape index (κ2) is 5.68. The van der Waals surface area contributed by atoms with Crippen LogP contribution in [0.5, 0.6) is 0 Å². The summed E-state index contributed by atoms with van der Waals surface area (Å²) in [5.41, 5.74) is 1.14. The zero-order valence-corrected chi connectivity index (χ0v) is 9.96. The minimum atomic E-state index is -0.235. The van der Waals surface area contributed by atoms with Crippen molar-refractivity contribution in [1.29, 1.82) is 0 Å². The summed E-state index contributed by atoms with van der Waals surface area (Å²) in [7, 11) is 0. The molecule has 0 bridgehead atoms. The third kappa shape index (κ3) is 3.46. The molecule has 0 radical (unpaired) electrons. The Bertz CT molecular complexity index is 366. The Kier molecular flexibility index (Phi) is 3.98. The molecule has 4 nitrogen and oxygen atoms in total. The summed E-state index contributed by atoms with van der Waals surface area (Å²) < 4.78 is 10.5. The lowest BCUT2D eigenvalue weighted by molar-refractivity contribution is 0.0984. The van der Waals surface area contributed by atoms with Gasteiger partial charge in [0.15, 0.2) is 0 Å². The Morgan fingerprint density at radius 2 is 2.18 bits per heavy atom. The van der Waals surface area contributed by atoms with Crippen LogP contribution in [-0.4, -0.2) is 36.8 Å². The van der Waals surface area contributed by atoms with Gasteiger partial charge in [-0.25, -0.2) is 4.79 Å². The Hall–Kier alpha value is -1.55. The van der Waals surface area contributed by atoms with Crippen molar-refractivity contribution in [2.24, 2.45) is 0 Å². The summed E-state index contributed by atoms with van der Waals surface area (Å²) in [5, 5.41) is 0. The summed E-state index contributed by atoms with van der Waals surface area (Å²) in [4.78, 5) is 13.0. The zero-order chi connectivity index (χ0) is 12.1. The molecule has 1 atom stereocenters. The highest BCUT2D eigenvalue weighted by molar-refractivity contribution is 5.69. The summed E-state index contributed by atoms with van der Waals surface area (Å²) in [6.07, 6.45) is -0.238. The molecule has 4 heteroatoms. The van der Waals surface area contributed by atoms with Crippen molar-refractivity contribution in [1.82, 2.24) is 4.90 Å². The molecule has 0 aromatic heterocycles. The SMILES string of the molecule is CC1CN(CCOCc2ccccc2)C(=O)O1. The molecule has 1 aliphatic heterocycles. The van der Waals surface area contributed by atoms with E-state index < -0.39 is 0 Å².